The summed E-state index contributed by atoms with van der Waals surface area (Å²) in [6.07, 6.45) is 3.53. The third-order valence-electron chi connectivity index (χ3n) is 3.63. The molecule has 1 aliphatic rings. The largest absolute Gasteiger partial charge is 0.489 e. The first kappa shape index (κ1) is 18.3. The second kappa shape index (κ2) is 8.01. The summed E-state index contributed by atoms with van der Waals surface area (Å²) in [5, 5.41) is 2.90. The van der Waals surface area contributed by atoms with E-state index >= 15 is 0 Å². The van der Waals surface area contributed by atoms with E-state index in [4.69, 9.17) is 10.5 Å². The van der Waals surface area contributed by atoms with Gasteiger partial charge in [0.1, 0.15) is 11.9 Å². The number of amides is 1. The zero-order chi connectivity index (χ0) is 14.6. The van der Waals surface area contributed by atoms with Crippen molar-refractivity contribution in [2.24, 2.45) is 5.73 Å². The van der Waals surface area contributed by atoms with Crippen molar-refractivity contribution in [1.82, 2.24) is 5.32 Å². The second-order valence-electron chi connectivity index (χ2n) is 5.46. The molecule has 0 spiro atoms. The van der Waals surface area contributed by atoms with Gasteiger partial charge in [0.25, 0.3) is 0 Å². The fraction of sp³-hybridized carbons (Fsp3) is 0.533. The van der Waals surface area contributed by atoms with Crippen LogP contribution in [-0.4, -0.2) is 24.1 Å². The average molecular weight is 378 g/mol. The van der Waals surface area contributed by atoms with Crippen molar-refractivity contribution in [2.45, 2.75) is 44.2 Å². The van der Waals surface area contributed by atoms with Crippen LogP contribution in [0.4, 0.5) is 0 Å². The lowest BCUT2D eigenvalue weighted by Crippen LogP contribution is -2.53. The molecule has 0 bridgehead atoms. The minimum absolute atomic E-state index is 0. The molecule has 6 heteroatoms. The lowest BCUT2D eigenvalue weighted by atomic mass is 9.98. The lowest BCUT2D eigenvalue weighted by molar-refractivity contribution is -0.126. The van der Waals surface area contributed by atoms with Gasteiger partial charge in [0.15, 0.2) is 0 Å². The normalized spacial score (nSPS) is 17.7. The van der Waals surface area contributed by atoms with Gasteiger partial charge in [-0.1, -0.05) is 34.8 Å². The SMILES string of the molecule is CC(CNC(=O)C1(N)CCCC1)Oc1cccc(Br)c1.Cl. The zero-order valence-corrected chi connectivity index (χ0v) is 14.5. The molecule has 2 rings (SSSR count). The molecule has 1 saturated carbocycles. The van der Waals surface area contributed by atoms with Crippen LogP contribution in [0, 0.1) is 0 Å². The molecule has 4 nitrogen and oxygen atoms in total. The van der Waals surface area contributed by atoms with Crippen LogP contribution in [0.25, 0.3) is 0 Å². The fourth-order valence-corrected chi connectivity index (χ4v) is 2.84. The molecule has 1 amide bonds. The molecule has 1 unspecified atom stereocenters. The Morgan fingerprint density at radius 2 is 2.14 bits per heavy atom. The van der Waals surface area contributed by atoms with Crippen LogP contribution < -0.4 is 15.8 Å². The summed E-state index contributed by atoms with van der Waals surface area (Å²) in [6, 6.07) is 7.65. The minimum atomic E-state index is -0.671. The van der Waals surface area contributed by atoms with Crippen LogP contribution in [-0.2, 0) is 4.79 Å². The van der Waals surface area contributed by atoms with Crippen LogP contribution >= 0.6 is 28.3 Å². The van der Waals surface area contributed by atoms with E-state index in [0.717, 1.165) is 35.9 Å². The summed E-state index contributed by atoms with van der Waals surface area (Å²) in [6.45, 7) is 2.39. The van der Waals surface area contributed by atoms with Crippen molar-refractivity contribution in [2.75, 3.05) is 6.54 Å². The molecule has 0 radical (unpaired) electrons. The molecule has 1 atom stereocenters. The van der Waals surface area contributed by atoms with E-state index in [1.165, 1.54) is 0 Å². The lowest BCUT2D eigenvalue weighted by Gasteiger charge is -2.24. The number of halogens is 2. The third kappa shape index (κ3) is 5.16. The van der Waals surface area contributed by atoms with Gasteiger partial charge in [-0.3, -0.25) is 4.79 Å². The number of ether oxygens (including phenoxy) is 1. The van der Waals surface area contributed by atoms with Crippen molar-refractivity contribution in [3.05, 3.63) is 28.7 Å². The van der Waals surface area contributed by atoms with Crippen molar-refractivity contribution in [3.8, 4) is 5.75 Å². The van der Waals surface area contributed by atoms with Gasteiger partial charge in [-0.25, -0.2) is 0 Å². The fourth-order valence-electron chi connectivity index (χ4n) is 2.46. The van der Waals surface area contributed by atoms with Gasteiger partial charge in [0, 0.05) is 4.47 Å². The Balaban J connectivity index is 0.00000220. The van der Waals surface area contributed by atoms with Crippen molar-refractivity contribution in [1.29, 1.82) is 0 Å². The van der Waals surface area contributed by atoms with Gasteiger partial charge in [-0.15, -0.1) is 12.4 Å². The maximum absolute atomic E-state index is 12.1. The Hall–Kier alpha value is -0.780. The molecule has 3 N–H and O–H groups in total. The average Bonchev–Trinajstić information content (AvgIpc) is 2.84. The Labute approximate surface area is 140 Å². The summed E-state index contributed by atoms with van der Waals surface area (Å²) in [7, 11) is 0. The molecular weight excluding hydrogens is 356 g/mol. The molecule has 0 aromatic heterocycles. The van der Waals surface area contributed by atoms with Gasteiger partial charge in [0.2, 0.25) is 5.91 Å². The highest BCUT2D eigenvalue weighted by atomic mass is 79.9. The van der Waals surface area contributed by atoms with Crippen molar-refractivity contribution >= 4 is 34.2 Å². The van der Waals surface area contributed by atoms with Crippen LogP contribution in [0.3, 0.4) is 0 Å². The Morgan fingerprint density at radius 3 is 2.76 bits per heavy atom. The summed E-state index contributed by atoms with van der Waals surface area (Å²) >= 11 is 3.40. The molecule has 0 saturated heterocycles. The highest BCUT2D eigenvalue weighted by Crippen LogP contribution is 2.27. The number of nitrogens with two attached hydrogens (primary N) is 1. The van der Waals surface area contributed by atoms with E-state index in [2.05, 4.69) is 21.2 Å². The molecule has 1 aliphatic carbocycles. The van der Waals surface area contributed by atoms with Gasteiger partial charge in [0.05, 0.1) is 12.1 Å². The second-order valence-corrected chi connectivity index (χ2v) is 6.37. The highest BCUT2D eigenvalue weighted by Gasteiger charge is 2.36. The number of carbonyl (C=O) groups is 1. The van der Waals surface area contributed by atoms with E-state index in [0.29, 0.717) is 6.54 Å². The number of hydrogen-bond acceptors (Lipinski definition) is 3. The first-order valence-electron chi connectivity index (χ1n) is 6.99. The predicted molar refractivity (Wildman–Crippen MR) is 89.9 cm³/mol. The molecule has 0 aliphatic heterocycles. The van der Waals surface area contributed by atoms with Crippen LogP contribution in [0.5, 0.6) is 5.75 Å². The summed E-state index contributed by atoms with van der Waals surface area (Å²) in [5.41, 5.74) is 5.43. The monoisotopic (exact) mass is 376 g/mol. The smallest absolute Gasteiger partial charge is 0.240 e. The minimum Gasteiger partial charge on any atom is -0.489 e. The van der Waals surface area contributed by atoms with E-state index in [1.807, 2.05) is 31.2 Å². The first-order valence-corrected chi connectivity index (χ1v) is 7.78. The summed E-state index contributed by atoms with van der Waals surface area (Å²) in [5.74, 6) is 0.726. The predicted octanol–water partition coefficient (Wildman–Crippen LogP) is 3.03. The van der Waals surface area contributed by atoms with Gasteiger partial charge >= 0.3 is 0 Å². The number of hydrogen-bond donors (Lipinski definition) is 2. The van der Waals surface area contributed by atoms with E-state index in [-0.39, 0.29) is 24.4 Å². The van der Waals surface area contributed by atoms with Crippen LogP contribution in [0.15, 0.2) is 28.7 Å². The van der Waals surface area contributed by atoms with E-state index in [9.17, 15) is 4.79 Å². The van der Waals surface area contributed by atoms with Crippen LogP contribution in [0.2, 0.25) is 0 Å². The van der Waals surface area contributed by atoms with Gasteiger partial charge < -0.3 is 15.8 Å². The number of benzene rings is 1. The summed E-state index contributed by atoms with van der Waals surface area (Å²) < 4.78 is 6.73. The van der Waals surface area contributed by atoms with Crippen LogP contribution in [0.1, 0.15) is 32.6 Å². The summed E-state index contributed by atoms with van der Waals surface area (Å²) in [4.78, 5) is 12.1. The zero-order valence-electron chi connectivity index (χ0n) is 12.1. The first-order chi connectivity index (χ1) is 9.49. The third-order valence-corrected chi connectivity index (χ3v) is 4.12. The molecule has 21 heavy (non-hydrogen) atoms. The Bertz CT molecular complexity index is 478. The van der Waals surface area contributed by atoms with E-state index in [1.54, 1.807) is 0 Å². The molecule has 1 aromatic carbocycles. The number of rotatable bonds is 5. The molecule has 1 aromatic rings. The van der Waals surface area contributed by atoms with Gasteiger partial charge in [-0.05, 0) is 38.0 Å². The van der Waals surface area contributed by atoms with Crippen molar-refractivity contribution < 1.29 is 9.53 Å². The maximum atomic E-state index is 12.1. The van der Waals surface area contributed by atoms with Gasteiger partial charge in [-0.2, -0.15) is 0 Å². The molecule has 0 heterocycles. The Kier molecular flexibility index (Phi) is 6.97. The number of carbonyl (C=O) groups excluding carboxylic acids is 1. The number of nitrogens with one attached hydrogen (secondary N) is 1. The molecule has 1 fully saturated rings. The molecular formula is C15H22BrClN2O2. The standard InChI is InChI=1S/C15H21BrN2O2.ClH/c1-11(20-13-6-4-5-12(16)9-13)10-18-14(19)15(17)7-2-3-8-15;/h4-6,9,11H,2-3,7-8,10,17H2,1H3,(H,18,19);1H. The van der Waals surface area contributed by atoms with Crippen molar-refractivity contribution in [3.63, 3.8) is 0 Å². The maximum Gasteiger partial charge on any atom is 0.240 e. The quantitative estimate of drug-likeness (QED) is 0.829. The topological polar surface area (TPSA) is 64.4 Å². The molecule has 118 valence electrons. The highest BCUT2D eigenvalue weighted by molar-refractivity contribution is 9.10. The van der Waals surface area contributed by atoms with E-state index < -0.39 is 5.54 Å². The Morgan fingerprint density at radius 1 is 1.48 bits per heavy atom.